The maximum atomic E-state index is 13.7. The zero-order chi connectivity index (χ0) is 23.8. The molecule has 3 aromatic carbocycles. The molecule has 0 saturated carbocycles. The molecule has 170 valence electrons. The van der Waals surface area contributed by atoms with Crippen LogP contribution >= 0.6 is 0 Å². The van der Waals surface area contributed by atoms with E-state index in [1.54, 1.807) is 62.6 Å². The van der Waals surface area contributed by atoms with Crippen molar-refractivity contribution in [1.82, 2.24) is 9.78 Å². The van der Waals surface area contributed by atoms with Gasteiger partial charge >= 0.3 is 5.63 Å². The minimum Gasteiger partial charge on any atom is -0.507 e. The number of rotatable bonds is 5. The van der Waals surface area contributed by atoms with Crippen LogP contribution in [0.2, 0.25) is 0 Å². The lowest BCUT2D eigenvalue weighted by Crippen LogP contribution is -2.23. The Morgan fingerprint density at radius 2 is 1.68 bits per heavy atom. The van der Waals surface area contributed by atoms with Gasteiger partial charge < -0.3 is 14.3 Å². The van der Waals surface area contributed by atoms with E-state index in [-0.39, 0.29) is 22.5 Å². The van der Waals surface area contributed by atoms with Crippen LogP contribution in [-0.2, 0) is 0 Å². The number of hydrogen-bond acceptors (Lipinski definition) is 5. The molecule has 1 atom stereocenters. The molecule has 0 bridgehead atoms. The first-order chi connectivity index (χ1) is 16.5. The van der Waals surface area contributed by atoms with Gasteiger partial charge in [-0.15, -0.1) is 0 Å². The van der Waals surface area contributed by atoms with Crippen LogP contribution < -0.4 is 15.9 Å². The van der Waals surface area contributed by atoms with Gasteiger partial charge in [-0.3, -0.25) is 9.89 Å². The van der Waals surface area contributed by atoms with Crippen LogP contribution in [0.1, 0.15) is 28.3 Å². The fourth-order valence-corrected chi connectivity index (χ4v) is 4.36. The number of para-hydroxylation sites is 2. The first-order valence-electron chi connectivity index (χ1n) is 10.7. The molecule has 0 aliphatic rings. The van der Waals surface area contributed by atoms with Crippen LogP contribution in [0.25, 0.3) is 16.7 Å². The molecule has 2 heterocycles. The predicted molar refractivity (Wildman–Crippen MR) is 129 cm³/mol. The number of aromatic hydroxyl groups is 1. The minimum absolute atomic E-state index is 0.00800. The second-order valence-corrected chi connectivity index (χ2v) is 7.98. The molecule has 0 fully saturated rings. The highest BCUT2D eigenvalue weighted by atomic mass is 16.5. The van der Waals surface area contributed by atoms with E-state index in [0.717, 1.165) is 0 Å². The first kappa shape index (κ1) is 21.3. The van der Waals surface area contributed by atoms with Crippen molar-refractivity contribution in [2.45, 2.75) is 12.8 Å². The number of aromatic amines is 1. The Bertz CT molecular complexity index is 1610. The monoisotopic (exact) mass is 454 g/mol. The number of nitrogens with zero attached hydrogens (tertiary/aromatic N) is 1. The number of methoxy groups -OCH3 is 1. The standard InChI is InChI=1S/C27H22N2O5/c1-16-22(26(31)29(28-16)18-10-4-3-5-11-18)23(17-9-8-12-19(15-17)33-2)24-25(30)20-13-6-7-14-21(20)34-27(24)32/h3-15,23,28,30H,1-2H3. The third kappa shape index (κ3) is 3.47. The van der Waals surface area contributed by atoms with E-state index in [4.69, 9.17) is 9.15 Å². The van der Waals surface area contributed by atoms with Crippen molar-refractivity contribution in [1.29, 1.82) is 0 Å². The summed E-state index contributed by atoms with van der Waals surface area (Å²) in [6.07, 6.45) is 0. The number of aromatic nitrogens is 2. The van der Waals surface area contributed by atoms with Crippen LogP contribution in [0.5, 0.6) is 11.5 Å². The molecule has 0 amide bonds. The lowest BCUT2D eigenvalue weighted by molar-refractivity contribution is 0.414. The molecule has 7 heteroatoms. The van der Waals surface area contributed by atoms with Gasteiger partial charge in [0.2, 0.25) is 0 Å². The Balaban J connectivity index is 1.84. The van der Waals surface area contributed by atoms with Crippen molar-refractivity contribution < 1.29 is 14.3 Å². The Labute approximate surface area is 194 Å². The van der Waals surface area contributed by atoms with Crippen molar-refractivity contribution >= 4 is 11.0 Å². The van der Waals surface area contributed by atoms with E-state index < -0.39 is 11.5 Å². The van der Waals surface area contributed by atoms with E-state index >= 15 is 0 Å². The largest absolute Gasteiger partial charge is 0.507 e. The van der Waals surface area contributed by atoms with Gasteiger partial charge in [-0.2, -0.15) is 0 Å². The van der Waals surface area contributed by atoms with Crippen LogP contribution in [0.15, 0.2) is 92.9 Å². The van der Waals surface area contributed by atoms with Gasteiger partial charge in [0.15, 0.2) is 0 Å². The summed E-state index contributed by atoms with van der Waals surface area (Å²) in [7, 11) is 1.54. The number of benzene rings is 3. The number of ether oxygens (including phenoxy) is 1. The van der Waals surface area contributed by atoms with Crippen LogP contribution in [0, 0.1) is 6.92 Å². The molecular formula is C27H22N2O5. The normalized spacial score (nSPS) is 12.1. The quantitative estimate of drug-likeness (QED) is 0.382. The van der Waals surface area contributed by atoms with Crippen molar-refractivity contribution in [2.75, 3.05) is 7.11 Å². The zero-order valence-corrected chi connectivity index (χ0v) is 18.6. The van der Waals surface area contributed by atoms with Crippen LogP contribution in [0.4, 0.5) is 0 Å². The summed E-state index contributed by atoms with van der Waals surface area (Å²) < 4.78 is 12.4. The number of fused-ring (bicyclic) bond motifs is 1. The molecule has 5 rings (SSSR count). The third-order valence-electron chi connectivity index (χ3n) is 5.96. The molecular weight excluding hydrogens is 432 g/mol. The Hall–Kier alpha value is -4.52. The lowest BCUT2D eigenvalue weighted by atomic mass is 9.85. The van der Waals surface area contributed by atoms with E-state index in [9.17, 15) is 14.7 Å². The van der Waals surface area contributed by atoms with E-state index in [2.05, 4.69) is 5.10 Å². The Morgan fingerprint density at radius 3 is 2.44 bits per heavy atom. The van der Waals surface area contributed by atoms with Gasteiger partial charge in [0.05, 0.1) is 35.2 Å². The fraction of sp³-hybridized carbons (Fsp3) is 0.111. The maximum Gasteiger partial charge on any atom is 0.344 e. The Morgan fingerprint density at radius 1 is 0.941 bits per heavy atom. The fourth-order valence-electron chi connectivity index (χ4n) is 4.36. The lowest BCUT2D eigenvalue weighted by Gasteiger charge is -2.18. The summed E-state index contributed by atoms with van der Waals surface area (Å²) in [5.74, 6) is -0.556. The van der Waals surface area contributed by atoms with Gasteiger partial charge in [0, 0.05) is 5.69 Å². The first-order valence-corrected chi connectivity index (χ1v) is 10.7. The summed E-state index contributed by atoms with van der Waals surface area (Å²) in [6.45, 7) is 1.77. The molecule has 2 N–H and O–H groups in total. The van der Waals surface area contributed by atoms with Crippen molar-refractivity contribution in [3.05, 3.63) is 122 Å². The van der Waals surface area contributed by atoms with E-state index in [1.165, 1.54) is 4.68 Å². The summed E-state index contributed by atoms with van der Waals surface area (Å²) in [5, 5.41) is 14.7. The van der Waals surface area contributed by atoms with E-state index in [0.29, 0.717) is 33.6 Å². The second kappa shape index (κ2) is 8.44. The highest BCUT2D eigenvalue weighted by Gasteiger charge is 2.31. The predicted octanol–water partition coefficient (Wildman–Crippen LogP) is 4.47. The number of hydrogen-bond donors (Lipinski definition) is 2. The molecule has 2 aromatic heterocycles. The van der Waals surface area contributed by atoms with Gasteiger partial charge in [0.25, 0.3) is 5.56 Å². The van der Waals surface area contributed by atoms with Crippen LogP contribution in [0.3, 0.4) is 0 Å². The molecule has 7 nitrogen and oxygen atoms in total. The maximum absolute atomic E-state index is 13.7. The molecule has 0 radical (unpaired) electrons. The van der Waals surface area contributed by atoms with Crippen molar-refractivity contribution in [3.8, 4) is 17.2 Å². The van der Waals surface area contributed by atoms with Crippen molar-refractivity contribution in [2.24, 2.45) is 0 Å². The van der Waals surface area contributed by atoms with Crippen LogP contribution in [-0.4, -0.2) is 22.0 Å². The summed E-state index contributed by atoms with van der Waals surface area (Å²) in [6, 6.07) is 23.0. The molecule has 34 heavy (non-hydrogen) atoms. The molecule has 5 aromatic rings. The Kier molecular flexibility index (Phi) is 5.30. The molecule has 0 aliphatic carbocycles. The highest BCUT2D eigenvalue weighted by Crippen LogP contribution is 2.39. The topological polar surface area (TPSA) is 97.5 Å². The average Bonchev–Trinajstić information content (AvgIpc) is 3.15. The summed E-state index contributed by atoms with van der Waals surface area (Å²) in [4.78, 5) is 26.9. The smallest absolute Gasteiger partial charge is 0.344 e. The summed E-state index contributed by atoms with van der Waals surface area (Å²) in [5.41, 5.74) is 1.37. The molecule has 0 aliphatic heterocycles. The third-order valence-corrected chi connectivity index (χ3v) is 5.96. The van der Waals surface area contributed by atoms with Crippen molar-refractivity contribution in [3.63, 3.8) is 0 Å². The molecule has 1 unspecified atom stereocenters. The second-order valence-electron chi connectivity index (χ2n) is 7.98. The van der Waals surface area contributed by atoms with Gasteiger partial charge in [-0.25, -0.2) is 9.48 Å². The number of aryl methyl sites for hydroxylation is 1. The average molecular weight is 454 g/mol. The van der Waals surface area contributed by atoms with Gasteiger partial charge in [0.1, 0.15) is 17.1 Å². The number of H-pyrrole nitrogens is 1. The zero-order valence-electron chi connectivity index (χ0n) is 18.6. The van der Waals surface area contributed by atoms with Gasteiger partial charge in [-0.1, -0.05) is 42.5 Å². The SMILES string of the molecule is COc1cccc(C(c2c(O)c3ccccc3oc2=O)c2c(C)[nH]n(-c3ccccc3)c2=O)c1. The number of nitrogens with one attached hydrogen (secondary N) is 1. The minimum atomic E-state index is -0.898. The molecule has 0 saturated heterocycles. The molecule has 0 spiro atoms. The van der Waals surface area contributed by atoms with E-state index in [1.807, 2.05) is 30.3 Å². The summed E-state index contributed by atoms with van der Waals surface area (Å²) >= 11 is 0. The van der Waals surface area contributed by atoms with Gasteiger partial charge in [-0.05, 0) is 48.9 Å². The highest BCUT2D eigenvalue weighted by molar-refractivity contribution is 5.84.